The molecule has 5 heterocycles. The Morgan fingerprint density at radius 1 is 1.08 bits per heavy atom. The minimum atomic E-state index is 0.623. The largest absolute Gasteiger partial charge is 0.497 e. The Morgan fingerprint density at radius 3 is 2.56 bits per heavy atom. The maximum Gasteiger partial charge on any atom is 0.118 e. The predicted octanol–water partition coefficient (Wildman–Crippen LogP) is 3.82. The van der Waals surface area contributed by atoms with Crippen molar-refractivity contribution in [2.75, 3.05) is 26.7 Å². The number of piperidine rings is 3. The summed E-state index contributed by atoms with van der Waals surface area (Å²) in [7, 11) is 1.75. The summed E-state index contributed by atoms with van der Waals surface area (Å²) in [5, 5.41) is 4.53. The van der Waals surface area contributed by atoms with Gasteiger partial charge in [0.05, 0.1) is 7.11 Å². The van der Waals surface area contributed by atoms with Crippen LogP contribution < -0.4 is 4.74 Å². The van der Waals surface area contributed by atoms with Crippen LogP contribution in [0, 0.1) is 5.92 Å². The number of hydrogen-bond donors (Lipinski definition) is 0. The van der Waals surface area contributed by atoms with E-state index in [0.29, 0.717) is 12.0 Å². The molecule has 3 nitrogen and oxygen atoms in total. The van der Waals surface area contributed by atoms with Crippen molar-refractivity contribution in [1.29, 1.82) is 0 Å². The van der Waals surface area contributed by atoms with Crippen molar-refractivity contribution in [3.8, 4) is 5.75 Å². The Morgan fingerprint density at radius 2 is 1.88 bits per heavy atom. The standard InChI is InChI=1S/C21H26N2OS/c1-24-18-4-2-16(3-5-18)19-13-23(12-15-8-11-25-14-15)20-17-6-9-22(10-7-17)21(19)20/h2-5,8,11,14,17,19-21H,6-7,9-10,12-13H2,1H3/t19-,20+,21+/m0/s1. The van der Waals surface area contributed by atoms with Crippen molar-refractivity contribution < 1.29 is 4.74 Å². The van der Waals surface area contributed by atoms with Crippen molar-refractivity contribution >= 4 is 11.3 Å². The van der Waals surface area contributed by atoms with E-state index in [2.05, 4.69) is 50.9 Å². The zero-order chi connectivity index (χ0) is 16.8. The molecule has 4 fully saturated rings. The van der Waals surface area contributed by atoms with Gasteiger partial charge in [0.25, 0.3) is 0 Å². The van der Waals surface area contributed by atoms with Gasteiger partial charge in [0, 0.05) is 31.1 Å². The molecule has 6 rings (SSSR count). The fourth-order valence-electron chi connectivity index (χ4n) is 5.48. The molecule has 132 valence electrons. The molecule has 0 saturated carbocycles. The van der Waals surface area contributed by atoms with E-state index in [0.717, 1.165) is 24.3 Å². The van der Waals surface area contributed by atoms with Gasteiger partial charge in [0.15, 0.2) is 0 Å². The maximum absolute atomic E-state index is 5.36. The van der Waals surface area contributed by atoms with Gasteiger partial charge in [-0.15, -0.1) is 0 Å². The first-order valence-corrected chi connectivity index (χ1v) is 10.4. The molecule has 1 aromatic heterocycles. The van der Waals surface area contributed by atoms with Crippen LogP contribution in [0.15, 0.2) is 41.1 Å². The monoisotopic (exact) mass is 354 g/mol. The molecule has 0 amide bonds. The number of hydrogen-bond acceptors (Lipinski definition) is 4. The van der Waals surface area contributed by atoms with Gasteiger partial charge in [-0.05, 0) is 71.9 Å². The van der Waals surface area contributed by atoms with Crippen LogP contribution in [0.3, 0.4) is 0 Å². The third kappa shape index (κ3) is 2.71. The molecule has 3 atom stereocenters. The van der Waals surface area contributed by atoms with E-state index in [1.54, 1.807) is 7.11 Å². The zero-order valence-corrected chi connectivity index (χ0v) is 15.6. The number of methoxy groups -OCH3 is 1. The van der Waals surface area contributed by atoms with Crippen molar-refractivity contribution in [2.45, 2.75) is 37.4 Å². The molecule has 0 spiro atoms. The highest BCUT2D eigenvalue weighted by molar-refractivity contribution is 7.07. The summed E-state index contributed by atoms with van der Waals surface area (Å²) in [6, 6.07) is 12.6. The Hall–Kier alpha value is -1.36. The van der Waals surface area contributed by atoms with E-state index in [-0.39, 0.29) is 0 Å². The lowest BCUT2D eigenvalue weighted by atomic mass is 9.75. The van der Waals surface area contributed by atoms with Crippen LogP contribution in [0.4, 0.5) is 0 Å². The van der Waals surface area contributed by atoms with Crippen molar-refractivity contribution in [2.24, 2.45) is 5.92 Å². The molecular formula is C21H26N2OS. The lowest BCUT2D eigenvalue weighted by molar-refractivity contribution is -0.00866. The van der Waals surface area contributed by atoms with Gasteiger partial charge in [-0.1, -0.05) is 12.1 Å². The molecule has 0 radical (unpaired) electrons. The smallest absolute Gasteiger partial charge is 0.118 e. The Bertz CT molecular complexity index is 706. The zero-order valence-electron chi connectivity index (χ0n) is 14.8. The van der Waals surface area contributed by atoms with Crippen LogP contribution >= 0.6 is 11.3 Å². The highest BCUT2D eigenvalue weighted by Crippen LogP contribution is 2.47. The number of ether oxygens (including phenoxy) is 1. The Balaban J connectivity index is 1.46. The fourth-order valence-corrected chi connectivity index (χ4v) is 6.14. The summed E-state index contributed by atoms with van der Waals surface area (Å²) in [5.41, 5.74) is 2.96. The minimum Gasteiger partial charge on any atom is -0.497 e. The van der Waals surface area contributed by atoms with Gasteiger partial charge < -0.3 is 4.74 Å². The normalized spacial score (nSPS) is 34.2. The van der Waals surface area contributed by atoms with E-state index < -0.39 is 0 Å². The van der Waals surface area contributed by atoms with E-state index in [4.69, 9.17) is 4.74 Å². The number of likely N-dealkylation sites (tertiary alicyclic amines) is 1. The van der Waals surface area contributed by atoms with Gasteiger partial charge in [-0.25, -0.2) is 0 Å². The summed E-state index contributed by atoms with van der Waals surface area (Å²) >= 11 is 1.82. The first-order chi connectivity index (χ1) is 12.3. The number of rotatable bonds is 4. The van der Waals surface area contributed by atoms with Gasteiger partial charge in [-0.3, -0.25) is 9.80 Å². The van der Waals surface area contributed by atoms with E-state index in [9.17, 15) is 0 Å². The average molecular weight is 355 g/mol. The maximum atomic E-state index is 5.36. The molecule has 0 unspecified atom stereocenters. The van der Waals surface area contributed by atoms with Crippen LogP contribution in [0.1, 0.15) is 29.9 Å². The quantitative estimate of drug-likeness (QED) is 0.830. The average Bonchev–Trinajstić information content (AvgIpc) is 3.32. The second-order valence-electron chi connectivity index (χ2n) is 7.80. The molecule has 0 N–H and O–H groups in total. The minimum absolute atomic E-state index is 0.623. The van der Waals surface area contributed by atoms with E-state index in [1.165, 1.54) is 43.6 Å². The fraction of sp³-hybridized carbons (Fsp3) is 0.524. The predicted molar refractivity (Wildman–Crippen MR) is 102 cm³/mol. The second kappa shape index (κ2) is 6.42. The Kier molecular flexibility index (Phi) is 4.07. The lowest BCUT2D eigenvalue weighted by Gasteiger charge is -2.51. The summed E-state index contributed by atoms with van der Waals surface area (Å²) < 4.78 is 5.36. The topological polar surface area (TPSA) is 15.7 Å². The summed E-state index contributed by atoms with van der Waals surface area (Å²) in [4.78, 5) is 5.57. The van der Waals surface area contributed by atoms with Crippen LogP contribution in [0.5, 0.6) is 5.75 Å². The lowest BCUT2D eigenvalue weighted by Crippen LogP contribution is -2.59. The van der Waals surface area contributed by atoms with Crippen LogP contribution in [-0.2, 0) is 6.54 Å². The number of benzene rings is 1. The van der Waals surface area contributed by atoms with Crippen molar-refractivity contribution in [1.82, 2.24) is 9.80 Å². The highest BCUT2D eigenvalue weighted by Gasteiger charge is 2.53. The molecule has 0 aliphatic carbocycles. The summed E-state index contributed by atoms with van der Waals surface area (Å²) in [6.45, 7) is 4.89. The van der Waals surface area contributed by atoms with Gasteiger partial charge in [0.2, 0.25) is 0 Å². The van der Waals surface area contributed by atoms with Crippen LogP contribution in [0.2, 0.25) is 0 Å². The number of nitrogens with zero attached hydrogens (tertiary/aromatic N) is 2. The molecular weight excluding hydrogens is 328 g/mol. The Labute approximate surface area is 154 Å². The molecule has 4 aliphatic heterocycles. The first-order valence-electron chi connectivity index (χ1n) is 9.46. The van der Waals surface area contributed by atoms with Crippen molar-refractivity contribution in [3.05, 3.63) is 52.2 Å². The number of fused-ring (bicyclic) bond motifs is 2. The molecule has 2 aromatic rings. The molecule has 25 heavy (non-hydrogen) atoms. The number of thiophene rings is 1. The highest BCUT2D eigenvalue weighted by atomic mass is 32.1. The van der Waals surface area contributed by atoms with Crippen LogP contribution in [-0.4, -0.2) is 48.6 Å². The molecule has 1 aromatic carbocycles. The first kappa shape index (κ1) is 15.9. The van der Waals surface area contributed by atoms with Gasteiger partial charge >= 0.3 is 0 Å². The third-order valence-corrected chi connectivity index (χ3v) is 7.34. The summed E-state index contributed by atoms with van der Waals surface area (Å²) in [6.07, 6.45) is 2.77. The molecule has 4 heteroatoms. The van der Waals surface area contributed by atoms with E-state index >= 15 is 0 Å². The molecule has 4 aliphatic rings. The molecule has 4 saturated heterocycles. The van der Waals surface area contributed by atoms with Crippen molar-refractivity contribution in [3.63, 3.8) is 0 Å². The SMILES string of the molecule is COc1ccc([C@@H]2CN(Cc3ccsc3)[C@@H]3C4CCN(CC4)[C@@H]32)cc1. The van der Waals surface area contributed by atoms with Crippen LogP contribution in [0.25, 0.3) is 0 Å². The third-order valence-electron chi connectivity index (χ3n) is 6.60. The molecule has 2 bridgehead atoms. The van der Waals surface area contributed by atoms with E-state index in [1.807, 2.05) is 11.3 Å². The summed E-state index contributed by atoms with van der Waals surface area (Å²) in [5.74, 6) is 2.47. The van der Waals surface area contributed by atoms with Gasteiger partial charge in [0.1, 0.15) is 5.75 Å². The van der Waals surface area contributed by atoms with Gasteiger partial charge in [-0.2, -0.15) is 11.3 Å². The second-order valence-corrected chi connectivity index (χ2v) is 8.58.